The molecule has 36 heavy (non-hydrogen) atoms. The van der Waals surface area contributed by atoms with Gasteiger partial charge in [0.05, 0.1) is 12.5 Å². The van der Waals surface area contributed by atoms with Crippen molar-refractivity contribution >= 4 is 41.5 Å². The first-order valence-corrected chi connectivity index (χ1v) is 11.2. The van der Waals surface area contributed by atoms with Crippen LogP contribution in [0.3, 0.4) is 0 Å². The van der Waals surface area contributed by atoms with Gasteiger partial charge in [0.15, 0.2) is 0 Å². The molecule has 0 saturated heterocycles. The number of hydrogen-bond donors (Lipinski definition) is 9. The molecule has 0 aromatic carbocycles. The molecule has 0 spiro atoms. The number of unbranched alkanes of at least 4 members (excludes halogenated alkanes) is 1. The molecule has 0 rings (SSSR count). The first-order chi connectivity index (χ1) is 16.8. The van der Waals surface area contributed by atoms with E-state index in [1.807, 2.05) is 0 Å². The second-order valence-corrected chi connectivity index (χ2v) is 8.02. The monoisotopic (exact) mass is 517 g/mol. The number of hydrogen-bond acceptors (Lipinski definition) is 9. The summed E-state index contributed by atoms with van der Waals surface area (Å²) in [6, 6.07) is -5.66. The number of carbonyl (C=O) groups is 7. The molecule has 0 bridgehead atoms. The predicted octanol–water partition coefficient (Wildman–Crippen LogP) is -4.01. The predicted molar refractivity (Wildman–Crippen MR) is 123 cm³/mol. The van der Waals surface area contributed by atoms with Crippen molar-refractivity contribution in [3.05, 3.63) is 0 Å². The Labute approximate surface area is 206 Å². The molecule has 5 amide bonds. The van der Waals surface area contributed by atoms with E-state index in [1.165, 1.54) is 0 Å². The van der Waals surface area contributed by atoms with Crippen LogP contribution in [0.4, 0.5) is 0 Å². The van der Waals surface area contributed by atoms with E-state index in [9.17, 15) is 38.7 Å². The van der Waals surface area contributed by atoms with Crippen LogP contribution in [0.1, 0.15) is 51.4 Å². The van der Waals surface area contributed by atoms with Gasteiger partial charge in [0.25, 0.3) is 0 Å². The van der Waals surface area contributed by atoms with Crippen LogP contribution in [-0.4, -0.2) is 82.4 Å². The largest absolute Gasteiger partial charge is 0.481 e. The molecule has 0 aliphatic rings. The summed E-state index contributed by atoms with van der Waals surface area (Å²) in [6.45, 7) is 0.324. The van der Waals surface area contributed by atoms with Gasteiger partial charge in [-0.15, -0.1) is 0 Å². The van der Waals surface area contributed by atoms with Crippen LogP contribution in [-0.2, 0) is 33.6 Å². The summed E-state index contributed by atoms with van der Waals surface area (Å²) in [5, 5.41) is 24.8. The minimum atomic E-state index is -1.59. The molecule has 16 heteroatoms. The number of rotatable bonds is 19. The molecular weight excluding hydrogens is 482 g/mol. The highest BCUT2D eigenvalue weighted by Gasteiger charge is 2.31. The summed E-state index contributed by atoms with van der Waals surface area (Å²) < 4.78 is 0. The van der Waals surface area contributed by atoms with Gasteiger partial charge in [-0.1, -0.05) is 0 Å². The highest BCUT2D eigenvalue weighted by Crippen LogP contribution is 2.06. The minimum absolute atomic E-state index is 0.0589. The molecule has 0 fully saturated rings. The number of carbonyl (C=O) groups excluding carboxylic acids is 5. The van der Waals surface area contributed by atoms with Gasteiger partial charge in [-0.3, -0.25) is 28.8 Å². The summed E-state index contributed by atoms with van der Waals surface area (Å²) in [5.41, 5.74) is 21.2. The highest BCUT2D eigenvalue weighted by molar-refractivity contribution is 5.96. The van der Waals surface area contributed by atoms with Crippen molar-refractivity contribution in [2.24, 2.45) is 22.9 Å². The fourth-order valence-corrected chi connectivity index (χ4v) is 2.95. The summed E-state index contributed by atoms with van der Waals surface area (Å²) in [5.74, 6) is -7.24. The van der Waals surface area contributed by atoms with E-state index in [-0.39, 0.29) is 25.7 Å². The van der Waals surface area contributed by atoms with Gasteiger partial charge in [-0.2, -0.15) is 0 Å². The molecule has 0 heterocycles. The Bertz CT molecular complexity index is 821. The van der Waals surface area contributed by atoms with Crippen molar-refractivity contribution in [1.82, 2.24) is 16.0 Å². The highest BCUT2D eigenvalue weighted by atomic mass is 16.4. The normalized spacial score (nSPS) is 13.9. The molecule has 0 radical (unpaired) electrons. The van der Waals surface area contributed by atoms with Gasteiger partial charge in [0.2, 0.25) is 29.5 Å². The van der Waals surface area contributed by atoms with Gasteiger partial charge in [-0.05, 0) is 38.6 Å². The maximum Gasteiger partial charge on any atom is 0.326 e. The van der Waals surface area contributed by atoms with Gasteiger partial charge >= 0.3 is 11.9 Å². The molecule has 4 atom stereocenters. The van der Waals surface area contributed by atoms with Crippen LogP contribution in [0.2, 0.25) is 0 Å². The topological polar surface area (TPSA) is 300 Å². The smallest absolute Gasteiger partial charge is 0.326 e. The zero-order valence-electron chi connectivity index (χ0n) is 19.7. The number of carboxylic acid groups (broad SMARTS) is 2. The third-order valence-corrected chi connectivity index (χ3v) is 4.92. The summed E-state index contributed by atoms with van der Waals surface area (Å²) in [4.78, 5) is 82.6. The van der Waals surface area contributed by atoms with E-state index in [1.54, 1.807) is 0 Å². The average molecular weight is 518 g/mol. The third-order valence-electron chi connectivity index (χ3n) is 4.92. The van der Waals surface area contributed by atoms with Gasteiger partial charge in [-0.25, -0.2) is 4.79 Å². The number of nitrogens with one attached hydrogen (secondary N) is 3. The van der Waals surface area contributed by atoms with Crippen LogP contribution in [0.15, 0.2) is 0 Å². The number of carboxylic acids is 2. The molecule has 0 aromatic heterocycles. The Morgan fingerprint density at radius 1 is 0.667 bits per heavy atom. The van der Waals surface area contributed by atoms with E-state index in [2.05, 4.69) is 16.0 Å². The van der Waals surface area contributed by atoms with E-state index >= 15 is 0 Å². The zero-order valence-corrected chi connectivity index (χ0v) is 19.7. The third kappa shape index (κ3) is 13.8. The molecule has 0 aromatic rings. The number of aliphatic carboxylic acids is 2. The van der Waals surface area contributed by atoms with E-state index in [0.29, 0.717) is 19.4 Å². The van der Waals surface area contributed by atoms with Crippen molar-refractivity contribution in [3.63, 3.8) is 0 Å². The lowest BCUT2D eigenvalue weighted by atomic mass is 10.1. The molecule has 13 N–H and O–H groups in total. The Kier molecular flexibility index (Phi) is 15.0. The molecule has 4 unspecified atom stereocenters. The van der Waals surface area contributed by atoms with Crippen molar-refractivity contribution < 1.29 is 43.8 Å². The summed E-state index contributed by atoms with van der Waals surface area (Å²) in [7, 11) is 0. The summed E-state index contributed by atoms with van der Waals surface area (Å²) in [6.07, 6.45) is -1.05. The summed E-state index contributed by atoms with van der Waals surface area (Å²) >= 11 is 0. The quantitative estimate of drug-likeness (QED) is 0.0743. The fraction of sp³-hybridized carbons (Fsp3) is 0.650. The van der Waals surface area contributed by atoms with Crippen LogP contribution < -0.4 is 38.9 Å². The molecule has 0 aliphatic heterocycles. The van der Waals surface area contributed by atoms with Gasteiger partial charge in [0, 0.05) is 12.8 Å². The lowest BCUT2D eigenvalue weighted by Gasteiger charge is -2.24. The second-order valence-electron chi connectivity index (χ2n) is 8.02. The Balaban J connectivity index is 5.53. The Hall–Kier alpha value is -3.79. The van der Waals surface area contributed by atoms with E-state index in [0.717, 1.165) is 0 Å². The maximum absolute atomic E-state index is 12.8. The lowest BCUT2D eigenvalue weighted by Crippen LogP contribution is -2.57. The molecule has 16 nitrogen and oxygen atoms in total. The first-order valence-electron chi connectivity index (χ1n) is 11.2. The molecule has 204 valence electrons. The van der Waals surface area contributed by atoms with Crippen molar-refractivity contribution in [2.75, 3.05) is 6.54 Å². The minimum Gasteiger partial charge on any atom is -0.481 e. The lowest BCUT2D eigenvalue weighted by molar-refractivity contribution is -0.143. The zero-order chi connectivity index (χ0) is 27.8. The Morgan fingerprint density at radius 2 is 1.22 bits per heavy atom. The first kappa shape index (κ1) is 32.2. The number of nitrogens with two attached hydrogens (primary N) is 4. The average Bonchev–Trinajstić information content (AvgIpc) is 2.78. The SMILES string of the molecule is NCCCCC(NC(=O)C(CCC(N)=O)NC(=O)C(CC(N)=O)NC(=O)C(N)CCC(=O)O)C(=O)O. The van der Waals surface area contributed by atoms with Crippen molar-refractivity contribution in [2.45, 2.75) is 75.5 Å². The van der Waals surface area contributed by atoms with Crippen molar-refractivity contribution in [1.29, 1.82) is 0 Å². The molecule has 0 saturated carbocycles. The molecule has 0 aliphatic carbocycles. The van der Waals surface area contributed by atoms with E-state index in [4.69, 9.17) is 28.0 Å². The Morgan fingerprint density at radius 3 is 1.72 bits per heavy atom. The van der Waals surface area contributed by atoms with Gasteiger partial charge in [0.1, 0.15) is 18.1 Å². The number of amides is 5. The second kappa shape index (κ2) is 16.8. The van der Waals surface area contributed by atoms with Crippen LogP contribution in [0, 0.1) is 0 Å². The molecular formula is C20H35N7O9. The van der Waals surface area contributed by atoms with Crippen LogP contribution in [0.5, 0.6) is 0 Å². The van der Waals surface area contributed by atoms with Crippen LogP contribution >= 0.6 is 0 Å². The van der Waals surface area contributed by atoms with Crippen molar-refractivity contribution in [3.8, 4) is 0 Å². The van der Waals surface area contributed by atoms with Gasteiger partial charge < -0.3 is 49.1 Å². The number of primary amides is 2. The van der Waals surface area contributed by atoms with Crippen LogP contribution in [0.25, 0.3) is 0 Å². The van der Waals surface area contributed by atoms with E-state index < -0.39 is 78.5 Å². The standard InChI is InChI=1S/C20H35N7O9/c21-8-2-1-3-12(20(35)36)26-18(33)11(5-6-14(23)28)25-19(34)13(9-15(24)29)27-17(32)10(22)4-7-16(30)31/h10-13H,1-9,21-22H2,(H2,23,28)(H2,24,29)(H,25,34)(H,26,33)(H,27,32)(H,30,31)(H,35,36). The maximum atomic E-state index is 12.8. The fourth-order valence-electron chi connectivity index (χ4n) is 2.95.